The van der Waals surface area contributed by atoms with Gasteiger partial charge in [0.05, 0.1) is 12.1 Å². The zero-order valence-electron chi connectivity index (χ0n) is 24.4. The Kier molecular flexibility index (Phi) is 14.9. The number of carboxylic acid groups (broad SMARTS) is 2. The number of carboxylic acids is 2. The molecule has 4 amide bonds. The van der Waals surface area contributed by atoms with Gasteiger partial charge in [-0.3, -0.25) is 19.2 Å². The highest BCUT2D eigenvalue weighted by molar-refractivity contribution is 8.76. The van der Waals surface area contributed by atoms with Gasteiger partial charge in [-0.05, 0) is 50.6 Å². The van der Waals surface area contributed by atoms with Crippen molar-refractivity contribution in [3.05, 3.63) is 0 Å². The van der Waals surface area contributed by atoms with Gasteiger partial charge >= 0.3 is 11.9 Å². The molecule has 6 atom stereocenters. The minimum atomic E-state index is -1.19. The molecule has 16 heteroatoms. The second kappa shape index (κ2) is 17.5. The van der Waals surface area contributed by atoms with E-state index in [1.54, 1.807) is 27.7 Å². The first-order valence-electron chi connectivity index (χ1n) is 14.2. The van der Waals surface area contributed by atoms with Gasteiger partial charge in [-0.25, -0.2) is 9.59 Å². The molecule has 0 aliphatic carbocycles. The molecule has 2 aliphatic heterocycles. The number of nitrogens with one attached hydrogen (secondary N) is 6. The third-order valence-corrected chi connectivity index (χ3v) is 9.46. The van der Waals surface area contributed by atoms with Crippen molar-refractivity contribution in [2.75, 3.05) is 24.6 Å². The monoisotopic (exact) mass is 632 g/mol. The Balaban J connectivity index is 2.08. The number of aliphatic carboxylic acids is 2. The van der Waals surface area contributed by atoms with Crippen molar-refractivity contribution in [1.29, 1.82) is 0 Å². The molecule has 2 rings (SSSR count). The Morgan fingerprint density at radius 3 is 1.29 bits per heavy atom. The van der Waals surface area contributed by atoms with Crippen LogP contribution in [0, 0.1) is 11.8 Å². The summed E-state index contributed by atoms with van der Waals surface area (Å²) >= 11 is 0. The van der Waals surface area contributed by atoms with E-state index in [1.165, 1.54) is 0 Å². The highest BCUT2D eigenvalue weighted by atomic mass is 33.1. The summed E-state index contributed by atoms with van der Waals surface area (Å²) in [5, 5.41) is 35.6. The Morgan fingerprint density at radius 2 is 1.02 bits per heavy atom. The fraction of sp³-hybridized carbons (Fsp3) is 0.769. The minimum absolute atomic E-state index is 0.0512. The van der Waals surface area contributed by atoms with E-state index >= 15 is 0 Å². The van der Waals surface area contributed by atoms with Crippen molar-refractivity contribution in [3.63, 3.8) is 0 Å². The molecule has 0 aromatic carbocycles. The van der Waals surface area contributed by atoms with Crippen LogP contribution in [0.2, 0.25) is 0 Å². The standard InChI is InChI=1S/C26H44N6O8S2/c1-13(2)19(25(37)38)31-23(35)17(29-21(33)15-7-5-9-27-15)11-41-42-12-18(30-22(34)16-8-6-10-28-16)24(36)32-20(14(3)4)26(39)40/h13-20,27-28H,5-12H2,1-4H3,(H,29,33)(H,30,34)(H,31,35)(H,32,36)(H,37,38)(H,39,40)/t15-,16-,17-,18-,19+,20+/m0/s1. The van der Waals surface area contributed by atoms with Gasteiger partial charge in [0.25, 0.3) is 0 Å². The third kappa shape index (κ3) is 11.3. The second-order valence-corrected chi connectivity index (χ2v) is 13.7. The van der Waals surface area contributed by atoms with E-state index in [0.29, 0.717) is 25.9 Å². The van der Waals surface area contributed by atoms with Crippen molar-refractivity contribution in [2.24, 2.45) is 11.8 Å². The molecule has 0 bridgehead atoms. The average molecular weight is 633 g/mol. The molecule has 0 aromatic rings. The summed E-state index contributed by atoms with van der Waals surface area (Å²) in [6, 6.07) is -5.30. The quantitative estimate of drug-likeness (QED) is 0.0738. The van der Waals surface area contributed by atoms with Gasteiger partial charge in [0.2, 0.25) is 23.6 Å². The van der Waals surface area contributed by atoms with Gasteiger partial charge in [0.15, 0.2) is 0 Å². The van der Waals surface area contributed by atoms with Gasteiger partial charge in [-0.15, -0.1) is 0 Å². The Morgan fingerprint density at radius 1 is 0.667 bits per heavy atom. The fourth-order valence-corrected chi connectivity index (χ4v) is 6.82. The molecule has 0 unspecified atom stereocenters. The molecule has 0 aromatic heterocycles. The van der Waals surface area contributed by atoms with Crippen LogP contribution < -0.4 is 31.9 Å². The summed E-state index contributed by atoms with van der Waals surface area (Å²) < 4.78 is 0. The van der Waals surface area contributed by atoms with Crippen LogP contribution in [0.4, 0.5) is 0 Å². The topological polar surface area (TPSA) is 215 Å². The maximum Gasteiger partial charge on any atom is 0.326 e. The highest BCUT2D eigenvalue weighted by Crippen LogP contribution is 2.24. The van der Waals surface area contributed by atoms with Crippen LogP contribution in [-0.2, 0) is 28.8 Å². The normalized spacial score (nSPS) is 21.3. The van der Waals surface area contributed by atoms with Crippen molar-refractivity contribution in [3.8, 4) is 0 Å². The summed E-state index contributed by atoms with van der Waals surface area (Å²) in [4.78, 5) is 75.0. The highest BCUT2D eigenvalue weighted by Gasteiger charge is 2.33. The van der Waals surface area contributed by atoms with Crippen LogP contribution in [-0.4, -0.2) is 107 Å². The predicted molar refractivity (Wildman–Crippen MR) is 160 cm³/mol. The Hall–Kier alpha value is -2.56. The fourth-order valence-electron chi connectivity index (χ4n) is 4.49. The summed E-state index contributed by atoms with van der Waals surface area (Å²) in [5.41, 5.74) is 0. The zero-order valence-corrected chi connectivity index (χ0v) is 26.1. The van der Waals surface area contributed by atoms with Crippen LogP contribution in [0.3, 0.4) is 0 Å². The Labute approximate surface area is 253 Å². The number of carbonyl (C=O) groups excluding carboxylic acids is 4. The van der Waals surface area contributed by atoms with Crippen LogP contribution in [0.25, 0.3) is 0 Å². The molecular formula is C26H44N6O8S2. The number of carbonyl (C=O) groups is 6. The predicted octanol–water partition coefficient (Wildman–Crippen LogP) is -0.708. The molecule has 2 heterocycles. The molecule has 14 nitrogen and oxygen atoms in total. The number of amides is 4. The van der Waals surface area contributed by atoms with Crippen molar-refractivity contribution in [2.45, 2.75) is 89.6 Å². The van der Waals surface area contributed by atoms with E-state index in [4.69, 9.17) is 0 Å². The van der Waals surface area contributed by atoms with Crippen LogP contribution in [0.15, 0.2) is 0 Å². The van der Waals surface area contributed by atoms with Crippen molar-refractivity contribution < 1.29 is 39.0 Å². The first-order chi connectivity index (χ1) is 19.8. The summed E-state index contributed by atoms with van der Waals surface area (Å²) in [5.74, 6) is -5.08. The van der Waals surface area contributed by atoms with Gasteiger partial charge in [0.1, 0.15) is 24.2 Å². The summed E-state index contributed by atoms with van der Waals surface area (Å²) in [6.45, 7) is 8.00. The summed E-state index contributed by atoms with van der Waals surface area (Å²) in [7, 11) is 2.33. The first kappa shape index (κ1) is 35.6. The molecule has 238 valence electrons. The van der Waals surface area contributed by atoms with E-state index in [0.717, 1.165) is 34.4 Å². The van der Waals surface area contributed by atoms with E-state index in [9.17, 15) is 39.0 Å². The lowest BCUT2D eigenvalue weighted by molar-refractivity contribution is -0.143. The molecule has 42 heavy (non-hydrogen) atoms. The molecule has 0 spiro atoms. The number of hydrogen-bond donors (Lipinski definition) is 8. The average Bonchev–Trinajstić information content (AvgIpc) is 3.65. The lowest BCUT2D eigenvalue weighted by atomic mass is 10.0. The molecule has 0 saturated carbocycles. The van der Waals surface area contributed by atoms with E-state index in [2.05, 4.69) is 31.9 Å². The minimum Gasteiger partial charge on any atom is -0.480 e. The lowest BCUT2D eigenvalue weighted by Crippen LogP contribution is -2.56. The van der Waals surface area contributed by atoms with E-state index < -0.39 is 60.0 Å². The first-order valence-corrected chi connectivity index (χ1v) is 16.7. The molecule has 2 fully saturated rings. The maximum atomic E-state index is 13.1. The molecule has 8 N–H and O–H groups in total. The van der Waals surface area contributed by atoms with Gasteiger partial charge in [-0.2, -0.15) is 0 Å². The molecule has 2 saturated heterocycles. The summed E-state index contributed by atoms with van der Waals surface area (Å²) in [6.07, 6.45) is 2.87. The largest absolute Gasteiger partial charge is 0.480 e. The van der Waals surface area contributed by atoms with Crippen LogP contribution >= 0.6 is 21.6 Å². The van der Waals surface area contributed by atoms with Gasteiger partial charge in [-0.1, -0.05) is 49.3 Å². The second-order valence-electron chi connectivity index (χ2n) is 11.1. The van der Waals surface area contributed by atoms with Crippen LogP contribution in [0.1, 0.15) is 53.4 Å². The molecular weight excluding hydrogens is 588 g/mol. The van der Waals surface area contributed by atoms with Crippen molar-refractivity contribution in [1.82, 2.24) is 31.9 Å². The van der Waals surface area contributed by atoms with Crippen molar-refractivity contribution >= 4 is 57.2 Å². The molecule has 2 aliphatic rings. The van der Waals surface area contributed by atoms with Gasteiger partial charge < -0.3 is 42.1 Å². The van der Waals surface area contributed by atoms with Gasteiger partial charge in [0, 0.05) is 11.5 Å². The lowest BCUT2D eigenvalue weighted by Gasteiger charge is -2.25. The number of hydrogen-bond acceptors (Lipinski definition) is 10. The maximum absolute atomic E-state index is 13.1. The SMILES string of the molecule is CC(C)[C@@H](NC(=O)[C@H](CSSC[C@H](NC(=O)[C@@H]1CCCN1)C(=O)N[C@@H](C(=O)O)C(C)C)NC(=O)[C@@H]1CCCN1)C(=O)O. The zero-order chi connectivity index (χ0) is 31.4. The Bertz CT molecular complexity index is 896. The molecule has 0 radical (unpaired) electrons. The van der Waals surface area contributed by atoms with E-state index in [1.807, 2.05) is 0 Å². The van der Waals surface area contributed by atoms with Crippen LogP contribution in [0.5, 0.6) is 0 Å². The number of rotatable bonds is 17. The third-order valence-electron chi connectivity index (χ3n) is 7.03. The van der Waals surface area contributed by atoms with E-state index in [-0.39, 0.29) is 35.2 Å². The smallest absolute Gasteiger partial charge is 0.326 e.